The average molecular weight is 254 g/mol. The maximum absolute atomic E-state index is 13.8. The van der Waals surface area contributed by atoms with Crippen LogP contribution in [-0.2, 0) is 5.54 Å². The van der Waals surface area contributed by atoms with E-state index in [9.17, 15) is 19.6 Å². The highest BCUT2D eigenvalue weighted by Crippen LogP contribution is 2.57. The summed E-state index contributed by atoms with van der Waals surface area (Å²) >= 11 is 0. The summed E-state index contributed by atoms with van der Waals surface area (Å²) in [5.41, 5.74) is 4.35. The van der Waals surface area contributed by atoms with Crippen molar-refractivity contribution in [3.05, 3.63) is 39.7 Å². The molecule has 1 atom stereocenters. The second-order valence-corrected chi connectivity index (χ2v) is 5.06. The van der Waals surface area contributed by atoms with Gasteiger partial charge in [-0.25, -0.2) is 4.39 Å². The molecule has 5 nitrogen and oxygen atoms in total. The summed E-state index contributed by atoms with van der Waals surface area (Å²) in [7, 11) is 0. The third-order valence-corrected chi connectivity index (χ3v) is 3.98. The zero-order valence-corrected chi connectivity index (χ0v) is 10.0. The van der Waals surface area contributed by atoms with Crippen LogP contribution in [0.15, 0.2) is 18.2 Å². The Labute approximate surface area is 104 Å². The van der Waals surface area contributed by atoms with Crippen molar-refractivity contribution in [1.82, 2.24) is 0 Å². The highest BCUT2D eigenvalue weighted by Gasteiger charge is 2.56. The highest BCUT2D eigenvalue weighted by molar-refractivity contribution is 5.40. The number of halogens is 1. The Bertz CT molecular complexity index is 498. The van der Waals surface area contributed by atoms with Gasteiger partial charge in [-0.05, 0) is 25.8 Å². The second kappa shape index (κ2) is 4.00. The molecule has 1 aromatic carbocycles. The number of non-ortho nitro benzene ring substituents is 1. The van der Waals surface area contributed by atoms with E-state index in [4.69, 9.17) is 5.73 Å². The highest BCUT2D eigenvalue weighted by atomic mass is 19.1. The first-order chi connectivity index (χ1) is 8.34. The SMILES string of the molecule is CC(N)(c1cc([N+](=O)[O-])ccc1F)C1(CO)CC1. The lowest BCUT2D eigenvalue weighted by Crippen LogP contribution is -2.45. The van der Waals surface area contributed by atoms with Crippen molar-refractivity contribution in [3.63, 3.8) is 0 Å². The van der Waals surface area contributed by atoms with Crippen molar-refractivity contribution in [2.75, 3.05) is 6.61 Å². The van der Waals surface area contributed by atoms with Crippen molar-refractivity contribution in [2.24, 2.45) is 11.1 Å². The van der Waals surface area contributed by atoms with E-state index in [1.807, 2.05) is 0 Å². The average Bonchev–Trinajstić information content (AvgIpc) is 3.10. The van der Waals surface area contributed by atoms with Gasteiger partial charge in [0.2, 0.25) is 0 Å². The molecule has 0 radical (unpaired) electrons. The first-order valence-corrected chi connectivity index (χ1v) is 5.68. The maximum Gasteiger partial charge on any atom is 0.269 e. The molecule has 1 unspecified atom stereocenters. The Morgan fingerprint density at radius 3 is 2.67 bits per heavy atom. The Morgan fingerprint density at radius 2 is 2.22 bits per heavy atom. The first kappa shape index (κ1) is 12.9. The van der Waals surface area contributed by atoms with Crippen LogP contribution in [0.5, 0.6) is 0 Å². The lowest BCUT2D eigenvalue weighted by atomic mass is 9.77. The van der Waals surface area contributed by atoms with Gasteiger partial charge in [-0.15, -0.1) is 0 Å². The van der Waals surface area contributed by atoms with Crippen LogP contribution >= 0.6 is 0 Å². The predicted molar refractivity (Wildman–Crippen MR) is 63.3 cm³/mol. The van der Waals surface area contributed by atoms with Crippen molar-refractivity contribution < 1.29 is 14.4 Å². The molecule has 0 heterocycles. The summed E-state index contributed by atoms with van der Waals surface area (Å²) < 4.78 is 13.8. The summed E-state index contributed by atoms with van der Waals surface area (Å²) in [5, 5.41) is 20.1. The van der Waals surface area contributed by atoms with E-state index in [0.717, 1.165) is 18.2 Å². The maximum atomic E-state index is 13.8. The first-order valence-electron chi connectivity index (χ1n) is 5.68. The van der Waals surface area contributed by atoms with Gasteiger partial charge in [0, 0.05) is 28.7 Å². The molecule has 18 heavy (non-hydrogen) atoms. The van der Waals surface area contributed by atoms with Gasteiger partial charge in [-0.1, -0.05) is 0 Å². The molecule has 0 spiro atoms. The quantitative estimate of drug-likeness (QED) is 0.632. The summed E-state index contributed by atoms with van der Waals surface area (Å²) in [6, 6.07) is 3.31. The van der Waals surface area contributed by atoms with Crippen LogP contribution in [0.4, 0.5) is 10.1 Å². The molecular weight excluding hydrogens is 239 g/mol. The van der Waals surface area contributed by atoms with Crippen LogP contribution in [0.1, 0.15) is 25.3 Å². The fourth-order valence-corrected chi connectivity index (χ4v) is 2.30. The van der Waals surface area contributed by atoms with E-state index in [1.165, 1.54) is 0 Å². The third-order valence-electron chi connectivity index (χ3n) is 3.98. The lowest BCUT2D eigenvalue weighted by Gasteiger charge is -2.34. The number of nitro benzene ring substituents is 1. The zero-order chi connectivity index (χ0) is 13.6. The Balaban J connectivity index is 2.50. The zero-order valence-electron chi connectivity index (χ0n) is 10.0. The van der Waals surface area contributed by atoms with Crippen LogP contribution in [0.25, 0.3) is 0 Å². The third kappa shape index (κ3) is 1.77. The predicted octanol–water partition coefficient (Wildman–Crippen LogP) is 1.68. The molecule has 2 rings (SSSR count). The summed E-state index contributed by atoms with van der Waals surface area (Å²) in [4.78, 5) is 10.1. The molecule has 0 amide bonds. The van der Waals surface area contributed by atoms with E-state index in [2.05, 4.69) is 0 Å². The molecule has 0 aromatic heterocycles. The molecule has 1 fully saturated rings. The summed E-state index contributed by atoms with van der Waals surface area (Å²) in [6.45, 7) is 1.46. The minimum atomic E-state index is -1.11. The van der Waals surface area contributed by atoms with Gasteiger partial charge >= 0.3 is 0 Å². The van der Waals surface area contributed by atoms with Gasteiger partial charge in [0.1, 0.15) is 5.82 Å². The number of nitro groups is 1. The van der Waals surface area contributed by atoms with Gasteiger partial charge in [-0.2, -0.15) is 0 Å². The van der Waals surface area contributed by atoms with Crippen molar-refractivity contribution in [1.29, 1.82) is 0 Å². The molecule has 3 N–H and O–H groups in total. The number of rotatable bonds is 4. The summed E-state index contributed by atoms with van der Waals surface area (Å²) in [5.74, 6) is -0.578. The number of nitrogens with two attached hydrogens (primary N) is 1. The number of benzene rings is 1. The van der Waals surface area contributed by atoms with Crippen LogP contribution in [0.2, 0.25) is 0 Å². The van der Waals surface area contributed by atoms with Crippen molar-refractivity contribution >= 4 is 5.69 Å². The Hall–Kier alpha value is -1.53. The summed E-state index contributed by atoms with van der Waals surface area (Å²) in [6.07, 6.45) is 1.39. The van der Waals surface area contributed by atoms with Gasteiger partial charge < -0.3 is 10.8 Å². The second-order valence-electron chi connectivity index (χ2n) is 5.06. The van der Waals surface area contributed by atoms with Crippen LogP contribution in [0.3, 0.4) is 0 Å². The molecule has 0 aliphatic heterocycles. The van der Waals surface area contributed by atoms with Gasteiger partial charge in [0.05, 0.1) is 11.5 Å². The fraction of sp³-hybridized carbons (Fsp3) is 0.500. The lowest BCUT2D eigenvalue weighted by molar-refractivity contribution is -0.385. The number of aliphatic hydroxyl groups is 1. The monoisotopic (exact) mass is 254 g/mol. The van der Waals surface area contributed by atoms with E-state index >= 15 is 0 Å². The van der Waals surface area contributed by atoms with Crippen molar-refractivity contribution in [3.8, 4) is 0 Å². The number of aliphatic hydroxyl groups excluding tert-OH is 1. The van der Waals surface area contributed by atoms with Gasteiger partial charge in [0.15, 0.2) is 0 Å². The minimum absolute atomic E-state index is 0.0863. The molecule has 1 aliphatic carbocycles. The van der Waals surface area contributed by atoms with E-state index < -0.39 is 21.7 Å². The Kier molecular flexibility index (Phi) is 2.87. The number of hydrogen-bond donors (Lipinski definition) is 2. The van der Waals surface area contributed by atoms with Crippen molar-refractivity contribution in [2.45, 2.75) is 25.3 Å². The van der Waals surface area contributed by atoms with Gasteiger partial charge in [-0.3, -0.25) is 10.1 Å². The Morgan fingerprint density at radius 1 is 1.61 bits per heavy atom. The molecule has 6 heteroatoms. The molecule has 98 valence electrons. The molecule has 1 saturated carbocycles. The standard InChI is InChI=1S/C12H15FN2O3/c1-11(14,12(7-16)4-5-12)9-6-8(15(17)18)2-3-10(9)13/h2-3,6,16H,4-5,7,14H2,1H3. The molecule has 0 bridgehead atoms. The molecular formula is C12H15FN2O3. The topological polar surface area (TPSA) is 89.4 Å². The van der Waals surface area contributed by atoms with Crippen LogP contribution < -0.4 is 5.73 Å². The molecule has 1 aromatic rings. The van der Waals surface area contributed by atoms with E-state index in [0.29, 0.717) is 12.8 Å². The number of hydrogen-bond acceptors (Lipinski definition) is 4. The van der Waals surface area contributed by atoms with E-state index in [1.54, 1.807) is 6.92 Å². The van der Waals surface area contributed by atoms with Crippen LogP contribution in [0, 0.1) is 21.3 Å². The normalized spacial score (nSPS) is 20.2. The number of nitrogens with zero attached hydrogens (tertiary/aromatic N) is 1. The van der Waals surface area contributed by atoms with Gasteiger partial charge in [0.25, 0.3) is 5.69 Å². The minimum Gasteiger partial charge on any atom is -0.396 e. The molecule has 0 saturated heterocycles. The smallest absolute Gasteiger partial charge is 0.269 e. The molecule has 1 aliphatic rings. The van der Waals surface area contributed by atoms with Crippen LogP contribution in [-0.4, -0.2) is 16.6 Å². The fourth-order valence-electron chi connectivity index (χ4n) is 2.30. The largest absolute Gasteiger partial charge is 0.396 e. The van der Waals surface area contributed by atoms with E-state index in [-0.39, 0.29) is 17.9 Å².